The fourth-order valence-corrected chi connectivity index (χ4v) is 0. The van der Waals surface area contributed by atoms with Crippen LogP contribution in [0.5, 0.6) is 0 Å². The van der Waals surface area contributed by atoms with E-state index >= 15 is 0 Å². The summed E-state index contributed by atoms with van der Waals surface area (Å²) in [4.78, 5) is 0. The van der Waals surface area contributed by atoms with Gasteiger partial charge in [-0.05, 0) is 0 Å². The average molecular weight is 120 g/mol. The van der Waals surface area contributed by atoms with E-state index in [0.717, 1.165) is 0 Å². The molecule has 2 nitrogen and oxygen atoms in total. The third kappa shape index (κ3) is 12.9. The maximum absolute atomic E-state index is 7.75. The molecule has 0 aliphatic heterocycles. The Labute approximate surface area is 41.3 Å². The molecule has 0 aliphatic rings. The van der Waals surface area contributed by atoms with Gasteiger partial charge in [0.1, 0.15) is 0 Å². The third-order valence-corrected chi connectivity index (χ3v) is 0.129. The van der Waals surface area contributed by atoms with Gasteiger partial charge in [0.2, 0.25) is 0 Å². The van der Waals surface area contributed by atoms with E-state index in [9.17, 15) is 0 Å². The topological polar surface area (TPSA) is 46.2 Å². The third-order valence-electron chi connectivity index (χ3n) is 0.129. The molecule has 0 saturated heterocycles. The van der Waals surface area contributed by atoms with Gasteiger partial charge in [-0.1, -0.05) is 0 Å². The molecular weight excluding hydrogens is 113 g/mol. The normalized spacial score (nSPS) is 6.00. The van der Waals surface area contributed by atoms with Crippen LogP contribution in [0.2, 0.25) is 0 Å². The van der Waals surface area contributed by atoms with Crippen molar-refractivity contribution in [2.75, 3.05) is 13.2 Å². The average Bonchev–Trinajstić information content (AvgIpc) is 1.37. The van der Waals surface area contributed by atoms with E-state index in [1.165, 1.54) is 0 Å². The second-order valence-corrected chi connectivity index (χ2v) is 0.512. The number of hydrogen-bond acceptors (Lipinski definition) is 2. The van der Waals surface area contributed by atoms with E-state index in [1.807, 2.05) is 0 Å². The van der Waals surface area contributed by atoms with Crippen LogP contribution in [0.3, 0.4) is 0 Å². The smallest absolute Gasteiger partial charge is 0.0553 e. The molecule has 0 unspecified atom stereocenters. The van der Waals surface area contributed by atoms with Gasteiger partial charge in [-0.25, -0.2) is 0 Å². The van der Waals surface area contributed by atoms with Gasteiger partial charge in [0.15, 0.2) is 0 Å². The molecule has 0 radical (unpaired) electrons. The molecule has 0 aromatic rings. The molecule has 0 aromatic carbocycles. The fraction of sp³-hybridized carbons (Fsp3) is 1.00. The Morgan fingerprint density at radius 2 is 1.80 bits per heavy atom. The van der Waals surface area contributed by atoms with Gasteiger partial charge in [0, 0.05) is 23.0 Å². The first-order valence-corrected chi connectivity index (χ1v) is 1.22. The van der Waals surface area contributed by atoms with Crippen molar-refractivity contribution in [3.05, 3.63) is 0 Å². The van der Waals surface area contributed by atoms with Crippen LogP contribution in [0.15, 0.2) is 0 Å². The zero-order chi connectivity index (χ0) is 3.41. The van der Waals surface area contributed by atoms with Gasteiger partial charge < -0.3 is 10.8 Å². The first kappa shape index (κ1) is 9.05. The molecule has 0 heterocycles. The van der Waals surface area contributed by atoms with Crippen LogP contribution in [-0.4, -0.2) is 18.3 Å². The van der Waals surface area contributed by atoms with Crippen LogP contribution in [0.1, 0.15) is 0 Å². The number of hydrogen-bond donors (Lipinski definition) is 2. The van der Waals surface area contributed by atoms with Crippen molar-refractivity contribution in [3.63, 3.8) is 0 Å². The Morgan fingerprint density at radius 3 is 1.80 bits per heavy atom. The van der Waals surface area contributed by atoms with Gasteiger partial charge in [-0.15, -0.1) is 0 Å². The minimum atomic E-state index is 0. The molecule has 0 bridgehead atoms. The van der Waals surface area contributed by atoms with Crippen LogP contribution in [0.4, 0.5) is 0 Å². The molecular formula is C2H7NNiO. The minimum Gasteiger partial charge on any atom is -0.395 e. The maximum atomic E-state index is 7.75. The van der Waals surface area contributed by atoms with Crippen molar-refractivity contribution >= 4 is 0 Å². The Morgan fingerprint density at radius 1 is 1.60 bits per heavy atom. The molecule has 0 spiro atoms. The summed E-state index contributed by atoms with van der Waals surface area (Å²) in [5, 5.41) is 7.75. The Balaban J connectivity index is 0. The van der Waals surface area contributed by atoms with Crippen molar-refractivity contribution in [3.8, 4) is 0 Å². The van der Waals surface area contributed by atoms with E-state index in [1.54, 1.807) is 0 Å². The monoisotopic (exact) mass is 119 g/mol. The largest absolute Gasteiger partial charge is 0.395 e. The van der Waals surface area contributed by atoms with Gasteiger partial charge >= 0.3 is 0 Å². The van der Waals surface area contributed by atoms with Crippen LogP contribution in [0.25, 0.3) is 0 Å². The van der Waals surface area contributed by atoms with Crippen LogP contribution in [0, 0.1) is 0 Å². The molecule has 3 N–H and O–H groups in total. The Hall–Kier alpha value is 0.414. The summed E-state index contributed by atoms with van der Waals surface area (Å²) in [5.74, 6) is 0. The maximum Gasteiger partial charge on any atom is 0.0553 e. The molecule has 0 amide bonds. The summed E-state index contributed by atoms with van der Waals surface area (Å²) in [6.07, 6.45) is 0. The van der Waals surface area contributed by atoms with Crippen LogP contribution < -0.4 is 5.73 Å². The van der Waals surface area contributed by atoms with Gasteiger partial charge in [-0.3, -0.25) is 0 Å². The van der Waals surface area contributed by atoms with Gasteiger partial charge in [0.05, 0.1) is 6.61 Å². The molecule has 5 heavy (non-hydrogen) atoms. The van der Waals surface area contributed by atoms with E-state index in [0.29, 0.717) is 6.54 Å². The number of rotatable bonds is 1. The van der Waals surface area contributed by atoms with Gasteiger partial charge in [-0.2, -0.15) is 0 Å². The number of aliphatic hydroxyl groups is 1. The molecule has 3 heteroatoms. The van der Waals surface area contributed by atoms with Gasteiger partial charge in [0.25, 0.3) is 0 Å². The SMILES string of the molecule is NCCO.[Ni]. The number of aliphatic hydroxyl groups excluding tert-OH is 1. The second-order valence-electron chi connectivity index (χ2n) is 0.512. The zero-order valence-corrected chi connectivity index (χ0v) is 3.74. The fourth-order valence-electron chi connectivity index (χ4n) is 0. The molecule has 0 saturated carbocycles. The van der Waals surface area contributed by atoms with Crippen molar-refractivity contribution in [1.82, 2.24) is 0 Å². The summed E-state index contributed by atoms with van der Waals surface area (Å²) in [7, 11) is 0. The van der Waals surface area contributed by atoms with E-state index in [4.69, 9.17) is 10.8 Å². The molecule has 0 fully saturated rings. The predicted octanol–water partition coefficient (Wildman–Crippen LogP) is -1.07. The van der Waals surface area contributed by atoms with Crippen LogP contribution >= 0.6 is 0 Å². The first-order chi connectivity index (χ1) is 1.91. The summed E-state index contributed by atoms with van der Waals surface area (Å²) >= 11 is 0. The Kier molecular flexibility index (Phi) is 16.0. The quantitative estimate of drug-likeness (QED) is 0.433. The molecule has 0 rings (SSSR count). The number of nitrogens with two attached hydrogens (primary N) is 1. The molecule has 0 aromatic heterocycles. The summed E-state index contributed by atoms with van der Waals surface area (Å²) in [6, 6.07) is 0. The second kappa shape index (κ2) is 8.83. The van der Waals surface area contributed by atoms with E-state index < -0.39 is 0 Å². The predicted molar refractivity (Wildman–Crippen MR) is 16.1 cm³/mol. The van der Waals surface area contributed by atoms with Crippen molar-refractivity contribution in [1.29, 1.82) is 0 Å². The first-order valence-electron chi connectivity index (χ1n) is 1.22. The summed E-state index contributed by atoms with van der Waals surface area (Å²) < 4.78 is 0. The van der Waals surface area contributed by atoms with Crippen molar-refractivity contribution in [2.45, 2.75) is 0 Å². The zero-order valence-electron chi connectivity index (χ0n) is 2.76. The molecule has 0 atom stereocenters. The molecule has 0 aliphatic carbocycles. The summed E-state index contributed by atoms with van der Waals surface area (Å²) in [5.41, 5.74) is 4.78. The van der Waals surface area contributed by atoms with E-state index in [2.05, 4.69) is 0 Å². The molecule has 36 valence electrons. The summed E-state index contributed by atoms with van der Waals surface area (Å²) in [6.45, 7) is 0.472. The Bertz CT molecular complexity index is 11.6. The van der Waals surface area contributed by atoms with Crippen LogP contribution in [-0.2, 0) is 16.5 Å². The van der Waals surface area contributed by atoms with Crippen molar-refractivity contribution in [2.24, 2.45) is 5.73 Å². The standard InChI is InChI=1S/C2H7NO.Ni/c3-1-2-4;/h4H,1-3H2;. The minimum absolute atomic E-state index is 0. The van der Waals surface area contributed by atoms with Crippen molar-refractivity contribution < 1.29 is 21.6 Å². The van der Waals surface area contributed by atoms with E-state index in [-0.39, 0.29) is 23.1 Å².